The summed E-state index contributed by atoms with van der Waals surface area (Å²) < 4.78 is 13.7. The van der Waals surface area contributed by atoms with Gasteiger partial charge in [-0.05, 0) is 37.5 Å². The van der Waals surface area contributed by atoms with Gasteiger partial charge < -0.3 is 5.11 Å². The van der Waals surface area contributed by atoms with E-state index in [9.17, 15) is 14.3 Å². The Morgan fingerprint density at radius 2 is 2.10 bits per heavy atom. The molecule has 1 aromatic carbocycles. The molecule has 0 aliphatic heterocycles. The molecule has 1 N–H and O–H groups in total. The van der Waals surface area contributed by atoms with E-state index in [1.807, 2.05) is 13.8 Å². The van der Waals surface area contributed by atoms with Gasteiger partial charge in [0, 0.05) is 11.0 Å². The highest BCUT2D eigenvalue weighted by Gasteiger charge is 2.36. The SMILES string of the molecule is Cc1cc(-c2nc3c(s2)C(=O)C(C)(C)CC3)cc(F)c1O. The number of ketones is 1. The van der Waals surface area contributed by atoms with Gasteiger partial charge in [0.2, 0.25) is 0 Å². The summed E-state index contributed by atoms with van der Waals surface area (Å²) in [5.41, 5.74) is 1.52. The van der Waals surface area contributed by atoms with Crippen molar-refractivity contribution in [2.75, 3.05) is 0 Å². The summed E-state index contributed by atoms with van der Waals surface area (Å²) >= 11 is 1.31. The molecule has 21 heavy (non-hydrogen) atoms. The summed E-state index contributed by atoms with van der Waals surface area (Å²) in [4.78, 5) is 17.6. The number of phenols is 1. The van der Waals surface area contributed by atoms with Crippen molar-refractivity contribution in [3.8, 4) is 16.3 Å². The number of nitrogens with zero attached hydrogens (tertiary/aromatic N) is 1. The summed E-state index contributed by atoms with van der Waals surface area (Å²) in [6, 6.07) is 2.96. The number of aromatic nitrogens is 1. The standard InChI is InChI=1S/C16H16FNO2S/c1-8-6-9(7-10(17)12(8)19)15-18-11-4-5-16(2,3)14(20)13(11)21-15/h6-7,19H,4-5H2,1-3H3. The van der Waals surface area contributed by atoms with Crippen molar-refractivity contribution in [2.24, 2.45) is 5.41 Å². The maximum atomic E-state index is 13.7. The molecule has 0 radical (unpaired) electrons. The Morgan fingerprint density at radius 3 is 2.76 bits per heavy atom. The first-order valence-corrected chi connectivity index (χ1v) is 7.65. The number of hydrogen-bond acceptors (Lipinski definition) is 4. The Hall–Kier alpha value is -1.75. The number of fused-ring (bicyclic) bond motifs is 1. The van der Waals surface area contributed by atoms with E-state index in [0.29, 0.717) is 21.0 Å². The monoisotopic (exact) mass is 305 g/mol. The van der Waals surface area contributed by atoms with Gasteiger partial charge in [-0.1, -0.05) is 13.8 Å². The van der Waals surface area contributed by atoms with Crippen LogP contribution in [0.1, 0.15) is 41.2 Å². The molecule has 1 heterocycles. The van der Waals surface area contributed by atoms with Crippen LogP contribution in [-0.2, 0) is 6.42 Å². The van der Waals surface area contributed by atoms with Gasteiger partial charge in [-0.25, -0.2) is 9.37 Å². The number of aryl methyl sites for hydroxylation is 2. The van der Waals surface area contributed by atoms with E-state index in [1.54, 1.807) is 13.0 Å². The third-order valence-electron chi connectivity index (χ3n) is 4.01. The molecule has 2 aromatic rings. The summed E-state index contributed by atoms with van der Waals surface area (Å²) in [7, 11) is 0. The van der Waals surface area contributed by atoms with Gasteiger partial charge in [-0.2, -0.15) is 0 Å². The van der Waals surface area contributed by atoms with Crippen LogP contribution >= 0.6 is 11.3 Å². The molecule has 0 spiro atoms. The lowest BCUT2D eigenvalue weighted by Crippen LogP contribution is -2.29. The molecule has 0 atom stereocenters. The van der Waals surface area contributed by atoms with Gasteiger partial charge in [0.25, 0.3) is 0 Å². The largest absolute Gasteiger partial charge is 0.505 e. The fourth-order valence-electron chi connectivity index (χ4n) is 2.53. The first kappa shape index (κ1) is 14.2. The zero-order valence-corrected chi connectivity index (χ0v) is 13.0. The van der Waals surface area contributed by atoms with Gasteiger partial charge in [-0.15, -0.1) is 11.3 Å². The van der Waals surface area contributed by atoms with E-state index >= 15 is 0 Å². The van der Waals surface area contributed by atoms with Crippen molar-refractivity contribution in [1.82, 2.24) is 4.98 Å². The second-order valence-electron chi connectivity index (χ2n) is 6.13. The molecule has 0 amide bonds. The third kappa shape index (κ3) is 2.25. The van der Waals surface area contributed by atoms with Crippen molar-refractivity contribution in [3.63, 3.8) is 0 Å². The van der Waals surface area contributed by atoms with Crippen LogP contribution in [0.5, 0.6) is 5.75 Å². The molecular weight excluding hydrogens is 289 g/mol. The molecule has 0 saturated carbocycles. The maximum Gasteiger partial charge on any atom is 0.180 e. The molecule has 5 heteroatoms. The molecule has 0 bridgehead atoms. The number of carbonyl (C=O) groups is 1. The maximum absolute atomic E-state index is 13.7. The molecule has 0 fully saturated rings. The van der Waals surface area contributed by atoms with Crippen LogP contribution in [0.4, 0.5) is 4.39 Å². The molecule has 110 valence electrons. The molecule has 3 rings (SSSR count). The topological polar surface area (TPSA) is 50.2 Å². The van der Waals surface area contributed by atoms with Gasteiger partial charge in [0.05, 0.1) is 10.6 Å². The van der Waals surface area contributed by atoms with E-state index in [4.69, 9.17) is 0 Å². The summed E-state index contributed by atoms with van der Waals surface area (Å²) in [6.07, 6.45) is 1.55. The number of halogens is 1. The Labute approximate surface area is 126 Å². The highest BCUT2D eigenvalue weighted by atomic mass is 32.1. The summed E-state index contributed by atoms with van der Waals surface area (Å²) in [5.74, 6) is -0.884. The van der Waals surface area contributed by atoms with E-state index in [0.717, 1.165) is 18.5 Å². The number of rotatable bonds is 1. The minimum absolute atomic E-state index is 0.114. The molecule has 0 saturated heterocycles. The van der Waals surface area contributed by atoms with Gasteiger partial charge in [0.15, 0.2) is 17.3 Å². The average molecular weight is 305 g/mol. The number of phenolic OH excluding ortho intramolecular Hbond substituents is 1. The molecular formula is C16H16FNO2S. The normalized spacial score (nSPS) is 16.9. The molecule has 3 nitrogen and oxygen atoms in total. The summed E-state index contributed by atoms with van der Waals surface area (Å²) in [6.45, 7) is 5.54. The van der Waals surface area contributed by atoms with Gasteiger partial charge >= 0.3 is 0 Å². The van der Waals surface area contributed by atoms with E-state index in [2.05, 4.69) is 4.98 Å². The second-order valence-corrected chi connectivity index (χ2v) is 7.13. The minimum Gasteiger partial charge on any atom is -0.505 e. The fraction of sp³-hybridized carbons (Fsp3) is 0.375. The third-order valence-corrected chi connectivity index (χ3v) is 5.15. The van der Waals surface area contributed by atoms with E-state index < -0.39 is 5.82 Å². The number of Topliss-reactive ketones (excluding diaryl/α,β-unsaturated/α-hetero) is 1. The Balaban J connectivity index is 2.09. The van der Waals surface area contributed by atoms with Crippen molar-refractivity contribution >= 4 is 17.1 Å². The lowest BCUT2D eigenvalue weighted by molar-refractivity contribution is 0.0815. The van der Waals surface area contributed by atoms with E-state index in [1.165, 1.54) is 17.4 Å². The Morgan fingerprint density at radius 1 is 1.38 bits per heavy atom. The van der Waals surface area contributed by atoms with Crippen LogP contribution in [-0.4, -0.2) is 15.9 Å². The predicted octanol–water partition coefficient (Wildman–Crippen LogP) is 4.12. The molecule has 1 aromatic heterocycles. The highest BCUT2D eigenvalue weighted by molar-refractivity contribution is 7.17. The quantitative estimate of drug-likeness (QED) is 0.862. The van der Waals surface area contributed by atoms with Crippen LogP contribution < -0.4 is 0 Å². The first-order chi connectivity index (χ1) is 9.79. The number of benzene rings is 1. The first-order valence-electron chi connectivity index (χ1n) is 6.83. The van der Waals surface area contributed by atoms with Crippen LogP contribution in [0.3, 0.4) is 0 Å². The molecule has 1 aliphatic carbocycles. The summed E-state index contributed by atoms with van der Waals surface area (Å²) in [5, 5.41) is 10.1. The second kappa shape index (κ2) is 4.63. The van der Waals surface area contributed by atoms with Crippen LogP contribution in [0.15, 0.2) is 12.1 Å². The molecule has 1 aliphatic rings. The van der Waals surface area contributed by atoms with Crippen molar-refractivity contribution in [2.45, 2.75) is 33.6 Å². The van der Waals surface area contributed by atoms with Crippen molar-refractivity contribution in [1.29, 1.82) is 0 Å². The number of carbonyl (C=O) groups excluding carboxylic acids is 1. The minimum atomic E-state index is -0.662. The number of thiazole rings is 1. The highest BCUT2D eigenvalue weighted by Crippen LogP contribution is 2.40. The van der Waals surface area contributed by atoms with Crippen molar-refractivity contribution < 1.29 is 14.3 Å². The van der Waals surface area contributed by atoms with Gasteiger partial charge in [0.1, 0.15) is 5.01 Å². The smallest absolute Gasteiger partial charge is 0.180 e. The van der Waals surface area contributed by atoms with Crippen LogP contribution in [0.25, 0.3) is 10.6 Å². The lowest BCUT2D eigenvalue weighted by atomic mass is 9.78. The zero-order chi connectivity index (χ0) is 15.4. The number of hydrogen-bond donors (Lipinski definition) is 1. The number of aromatic hydroxyl groups is 1. The van der Waals surface area contributed by atoms with Crippen LogP contribution in [0.2, 0.25) is 0 Å². The Bertz CT molecular complexity index is 726. The predicted molar refractivity (Wildman–Crippen MR) is 80.3 cm³/mol. The van der Waals surface area contributed by atoms with Gasteiger partial charge in [-0.3, -0.25) is 4.79 Å². The van der Waals surface area contributed by atoms with E-state index in [-0.39, 0.29) is 16.9 Å². The Kier molecular flexibility index (Phi) is 3.13. The average Bonchev–Trinajstić information content (AvgIpc) is 2.85. The fourth-order valence-corrected chi connectivity index (χ4v) is 3.75. The lowest BCUT2D eigenvalue weighted by Gasteiger charge is -2.26. The van der Waals surface area contributed by atoms with Crippen molar-refractivity contribution in [3.05, 3.63) is 34.1 Å². The molecule has 0 unspecified atom stereocenters. The zero-order valence-electron chi connectivity index (χ0n) is 12.2. The van der Waals surface area contributed by atoms with Crippen LogP contribution in [0, 0.1) is 18.2 Å².